The Morgan fingerprint density at radius 3 is 2.63 bits per heavy atom. The van der Waals surface area contributed by atoms with Crippen LogP contribution in [-0.2, 0) is 11.2 Å². The Bertz CT molecular complexity index is 401. The first-order chi connectivity index (χ1) is 9.01. The molecule has 108 valence electrons. The van der Waals surface area contributed by atoms with Crippen LogP contribution in [0.5, 0.6) is 0 Å². The molecule has 0 spiro atoms. The molecule has 0 aliphatic carbocycles. The van der Waals surface area contributed by atoms with Gasteiger partial charge in [0.05, 0.1) is 17.2 Å². The molecule has 0 aliphatic heterocycles. The van der Waals surface area contributed by atoms with Crippen LogP contribution in [0.4, 0.5) is 4.39 Å². The number of hydrogen-bond acceptors (Lipinski definition) is 3. The molecule has 0 saturated carbocycles. The minimum atomic E-state index is -0.386. The molecule has 19 heavy (non-hydrogen) atoms. The maximum atomic E-state index is 13.9. The summed E-state index contributed by atoms with van der Waals surface area (Å²) < 4.78 is 19.6. The molecule has 0 heterocycles. The van der Waals surface area contributed by atoms with Crippen molar-refractivity contribution in [3.8, 4) is 0 Å². The highest BCUT2D eigenvalue weighted by Gasteiger charge is 2.25. The van der Waals surface area contributed by atoms with Crippen molar-refractivity contribution in [2.75, 3.05) is 6.61 Å². The lowest BCUT2D eigenvalue weighted by atomic mass is 9.94. The highest BCUT2D eigenvalue weighted by molar-refractivity contribution is 6.30. The first-order valence-corrected chi connectivity index (χ1v) is 6.89. The molecule has 0 fully saturated rings. The van der Waals surface area contributed by atoms with Crippen molar-refractivity contribution >= 4 is 11.6 Å². The second-order valence-corrected chi connectivity index (χ2v) is 5.26. The van der Waals surface area contributed by atoms with E-state index in [2.05, 4.69) is 19.3 Å². The topological polar surface area (TPSA) is 47.3 Å². The summed E-state index contributed by atoms with van der Waals surface area (Å²) in [6, 6.07) is 4.83. The minimum absolute atomic E-state index is 0.0756. The van der Waals surface area contributed by atoms with Gasteiger partial charge in [0.2, 0.25) is 0 Å². The first-order valence-electron chi connectivity index (χ1n) is 6.51. The van der Waals surface area contributed by atoms with Crippen LogP contribution in [0, 0.1) is 11.7 Å². The highest BCUT2D eigenvalue weighted by Crippen LogP contribution is 2.21. The van der Waals surface area contributed by atoms with E-state index in [0.717, 1.165) is 0 Å². The van der Waals surface area contributed by atoms with E-state index in [1.807, 2.05) is 6.92 Å². The Morgan fingerprint density at radius 2 is 2.11 bits per heavy atom. The van der Waals surface area contributed by atoms with E-state index in [1.54, 1.807) is 12.1 Å². The Kier molecular flexibility index (Phi) is 6.72. The third-order valence-corrected chi connectivity index (χ3v) is 3.39. The number of hydrogen-bond donors (Lipinski definition) is 2. The zero-order valence-corrected chi connectivity index (χ0v) is 12.4. The van der Waals surface area contributed by atoms with E-state index in [9.17, 15) is 4.39 Å². The van der Waals surface area contributed by atoms with Crippen molar-refractivity contribution in [3.05, 3.63) is 34.6 Å². The number of halogens is 2. The van der Waals surface area contributed by atoms with Crippen LogP contribution in [0.3, 0.4) is 0 Å². The van der Waals surface area contributed by atoms with Crippen LogP contribution in [-0.4, -0.2) is 18.8 Å². The van der Waals surface area contributed by atoms with Gasteiger partial charge < -0.3 is 4.74 Å². The van der Waals surface area contributed by atoms with Gasteiger partial charge in [0, 0.05) is 6.61 Å². The number of benzene rings is 1. The van der Waals surface area contributed by atoms with Gasteiger partial charge in [0.15, 0.2) is 0 Å². The van der Waals surface area contributed by atoms with Gasteiger partial charge in [-0.2, -0.15) is 0 Å². The molecule has 3 nitrogen and oxygen atoms in total. The third kappa shape index (κ3) is 4.42. The van der Waals surface area contributed by atoms with Gasteiger partial charge in [-0.25, -0.2) is 4.39 Å². The second-order valence-electron chi connectivity index (χ2n) is 4.85. The maximum absolute atomic E-state index is 13.9. The molecule has 0 radical (unpaired) electrons. The molecule has 0 aliphatic rings. The molecule has 0 saturated heterocycles. The van der Waals surface area contributed by atoms with Gasteiger partial charge in [-0.15, -0.1) is 0 Å². The van der Waals surface area contributed by atoms with Crippen molar-refractivity contribution < 1.29 is 9.13 Å². The molecule has 1 aromatic carbocycles. The minimum Gasteiger partial charge on any atom is -0.377 e. The van der Waals surface area contributed by atoms with Crippen LogP contribution in [0.2, 0.25) is 5.02 Å². The van der Waals surface area contributed by atoms with E-state index in [0.29, 0.717) is 18.6 Å². The molecule has 5 heteroatoms. The van der Waals surface area contributed by atoms with Crippen LogP contribution in [0.25, 0.3) is 0 Å². The molecule has 0 aromatic heterocycles. The summed E-state index contributed by atoms with van der Waals surface area (Å²) in [4.78, 5) is 0. The van der Waals surface area contributed by atoms with E-state index < -0.39 is 0 Å². The summed E-state index contributed by atoms with van der Waals surface area (Å²) in [5.41, 5.74) is 3.27. The lowest BCUT2D eigenvalue weighted by molar-refractivity contribution is 0.00339. The predicted octanol–water partition coefficient (Wildman–Crippen LogP) is 2.91. The summed E-state index contributed by atoms with van der Waals surface area (Å²) in [7, 11) is 0. The standard InChI is InChI=1S/C14H22ClFN2O/c1-4-19-14(9(2)3)12(18-17)8-10-6-5-7-11(15)13(10)16/h5-7,9,12,14,18H,4,8,17H2,1-3H3. The fourth-order valence-electron chi connectivity index (χ4n) is 2.18. The van der Waals surface area contributed by atoms with Crippen LogP contribution < -0.4 is 11.3 Å². The van der Waals surface area contributed by atoms with E-state index in [1.165, 1.54) is 6.07 Å². The van der Waals surface area contributed by atoms with Crippen molar-refractivity contribution in [2.24, 2.45) is 11.8 Å². The van der Waals surface area contributed by atoms with Crippen LogP contribution >= 0.6 is 11.6 Å². The predicted molar refractivity (Wildman–Crippen MR) is 76.5 cm³/mol. The molecular weight excluding hydrogens is 267 g/mol. The van der Waals surface area contributed by atoms with Crippen LogP contribution in [0.15, 0.2) is 18.2 Å². The molecule has 0 amide bonds. The normalized spacial score (nSPS) is 14.7. The van der Waals surface area contributed by atoms with E-state index in [4.69, 9.17) is 22.2 Å². The lowest BCUT2D eigenvalue weighted by Gasteiger charge is -2.29. The summed E-state index contributed by atoms with van der Waals surface area (Å²) in [5.74, 6) is 5.49. The smallest absolute Gasteiger partial charge is 0.145 e. The largest absolute Gasteiger partial charge is 0.377 e. The molecular formula is C14H22ClFN2O. The molecule has 1 rings (SSSR count). The zero-order chi connectivity index (χ0) is 14.4. The highest BCUT2D eigenvalue weighted by atomic mass is 35.5. The van der Waals surface area contributed by atoms with Crippen molar-refractivity contribution in [3.63, 3.8) is 0 Å². The Morgan fingerprint density at radius 1 is 1.42 bits per heavy atom. The number of nitrogens with one attached hydrogen (secondary N) is 1. The Labute approximate surface area is 119 Å². The van der Waals surface area contributed by atoms with Crippen molar-refractivity contribution in [2.45, 2.75) is 39.3 Å². The third-order valence-electron chi connectivity index (χ3n) is 3.10. The second kappa shape index (κ2) is 7.80. The number of nitrogens with two attached hydrogens (primary N) is 1. The molecule has 2 atom stereocenters. The Balaban J connectivity index is 2.88. The van der Waals surface area contributed by atoms with Gasteiger partial charge >= 0.3 is 0 Å². The number of hydrazine groups is 1. The van der Waals surface area contributed by atoms with Crippen molar-refractivity contribution in [1.29, 1.82) is 0 Å². The average molecular weight is 289 g/mol. The quantitative estimate of drug-likeness (QED) is 0.599. The van der Waals surface area contributed by atoms with Gasteiger partial charge in [0.25, 0.3) is 0 Å². The van der Waals surface area contributed by atoms with E-state index in [-0.39, 0.29) is 28.9 Å². The Hall–Kier alpha value is -0.680. The molecule has 2 unspecified atom stereocenters. The number of ether oxygens (including phenoxy) is 1. The fourth-order valence-corrected chi connectivity index (χ4v) is 2.37. The van der Waals surface area contributed by atoms with E-state index >= 15 is 0 Å². The maximum Gasteiger partial charge on any atom is 0.145 e. The molecule has 3 N–H and O–H groups in total. The van der Waals surface area contributed by atoms with Crippen LogP contribution in [0.1, 0.15) is 26.3 Å². The zero-order valence-electron chi connectivity index (χ0n) is 11.6. The molecule has 0 bridgehead atoms. The first kappa shape index (κ1) is 16.4. The van der Waals surface area contributed by atoms with Gasteiger partial charge in [-0.3, -0.25) is 11.3 Å². The number of rotatable bonds is 7. The average Bonchev–Trinajstić information content (AvgIpc) is 2.38. The van der Waals surface area contributed by atoms with Gasteiger partial charge in [-0.05, 0) is 30.9 Å². The fraction of sp³-hybridized carbons (Fsp3) is 0.571. The van der Waals surface area contributed by atoms with Gasteiger partial charge in [0.1, 0.15) is 5.82 Å². The SMILES string of the molecule is CCOC(C(C)C)C(Cc1cccc(Cl)c1F)NN. The summed E-state index contributed by atoms with van der Waals surface area (Å²) in [6.07, 6.45) is 0.361. The summed E-state index contributed by atoms with van der Waals surface area (Å²) in [5, 5.41) is 0.130. The van der Waals surface area contributed by atoms with Crippen molar-refractivity contribution in [1.82, 2.24) is 5.43 Å². The lowest BCUT2D eigenvalue weighted by Crippen LogP contribution is -2.49. The summed E-state index contributed by atoms with van der Waals surface area (Å²) in [6.45, 7) is 6.64. The summed E-state index contributed by atoms with van der Waals surface area (Å²) >= 11 is 5.79. The molecule has 1 aromatic rings. The van der Waals surface area contributed by atoms with Gasteiger partial charge in [-0.1, -0.05) is 37.6 Å². The monoisotopic (exact) mass is 288 g/mol.